The number of ether oxygens (including phenoxy) is 1. The fourth-order valence-corrected chi connectivity index (χ4v) is 2.56. The van der Waals surface area contributed by atoms with Crippen LogP contribution in [-0.2, 0) is 14.4 Å². The van der Waals surface area contributed by atoms with E-state index in [1.165, 1.54) is 0 Å². The van der Waals surface area contributed by atoms with Crippen molar-refractivity contribution in [3.05, 3.63) is 54.6 Å². The van der Waals surface area contributed by atoms with Gasteiger partial charge in [0.15, 0.2) is 0 Å². The lowest BCUT2D eigenvalue weighted by atomic mass is 10.0. The van der Waals surface area contributed by atoms with Gasteiger partial charge in [0, 0.05) is 24.4 Å². The van der Waals surface area contributed by atoms with Gasteiger partial charge in [0.05, 0.1) is 12.4 Å². The van der Waals surface area contributed by atoms with Crippen LogP contribution in [0, 0.1) is 0 Å². The van der Waals surface area contributed by atoms with Crippen LogP contribution in [0.3, 0.4) is 0 Å². The smallest absolute Gasteiger partial charge is 0.306 e. The molecule has 1 aromatic carbocycles. The molecule has 0 N–H and O–H groups in total. The van der Waals surface area contributed by atoms with E-state index >= 15 is 0 Å². The Labute approximate surface area is 161 Å². The van der Waals surface area contributed by atoms with Crippen molar-refractivity contribution in [2.45, 2.75) is 58.6 Å². The van der Waals surface area contributed by atoms with Crippen LogP contribution in [0.5, 0.6) is 0 Å². The Balaban J connectivity index is 1.87. The SMILES string of the molecule is CC(C(=NOCCCCC(=O)OC(C)(C)C)c1ccccc1)n1ccnc1. The summed E-state index contributed by atoms with van der Waals surface area (Å²) in [7, 11) is 0. The van der Waals surface area contributed by atoms with Crippen molar-refractivity contribution in [2.24, 2.45) is 5.16 Å². The Morgan fingerprint density at radius 1 is 1.22 bits per heavy atom. The summed E-state index contributed by atoms with van der Waals surface area (Å²) in [5.74, 6) is -0.176. The molecule has 0 spiro atoms. The fourth-order valence-electron chi connectivity index (χ4n) is 2.56. The zero-order chi connectivity index (χ0) is 19.7. The average Bonchev–Trinajstić information content (AvgIpc) is 3.14. The first-order valence-corrected chi connectivity index (χ1v) is 9.31. The summed E-state index contributed by atoms with van der Waals surface area (Å²) in [5, 5.41) is 4.38. The van der Waals surface area contributed by atoms with Crippen molar-refractivity contribution < 1.29 is 14.4 Å². The van der Waals surface area contributed by atoms with Gasteiger partial charge < -0.3 is 14.1 Å². The Kier molecular flexibility index (Phi) is 7.58. The van der Waals surface area contributed by atoms with E-state index in [2.05, 4.69) is 17.1 Å². The molecule has 0 aliphatic heterocycles. The lowest BCUT2D eigenvalue weighted by molar-refractivity contribution is -0.154. The van der Waals surface area contributed by atoms with Crippen molar-refractivity contribution in [1.82, 2.24) is 9.55 Å². The third-order valence-corrected chi connectivity index (χ3v) is 3.89. The molecule has 0 fully saturated rings. The summed E-state index contributed by atoms with van der Waals surface area (Å²) in [6.45, 7) is 8.12. The number of benzene rings is 1. The molecule has 27 heavy (non-hydrogen) atoms. The van der Waals surface area contributed by atoms with E-state index in [1.54, 1.807) is 12.5 Å². The predicted octanol–water partition coefficient (Wildman–Crippen LogP) is 4.38. The van der Waals surface area contributed by atoms with E-state index in [1.807, 2.05) is 61.9 Å². The van der Waals surface area contributed by atoms with Crippen molar-refractivity contribution in [3.63, 3.8) is 0 Å². The van der Waals surface area contributed by atoms with Crippen molar-refractivity contribution in [1.29, 1.82) is 0 Å². The summed E-state index contributed by atoms with van der Waals surface area (Å²) in [5.41, 5.74) is 1.40. The summed E-state index contributed by atoms with van der Waals surface area (Å²) >= 11 is 0. The molecule has 1 heterocycles. The predicted molar refractivity (Wildman–Crippen MR) is 106 cm³/mol. The molecule has 0 saturated heterocycles. The minimum Gasteiger partial charge on any atom is -0.460 e. The first-order valence-electron chi connectivity index (χ1n) is 9.31. The average molecular weight is 371 g/mol. The van der Waals surface area contributed by atoms with Crippen LogP contribution in [0.25, 0.3) is 0 Å². The number of hydrogen-bond acceptors (Lipinski definition) is 5. The number of unbranched alkanes of at least 4 members (excludes halogenated alkanes) is 1. The first kappa shape index (κ1) is 20.7. The summed E-state index contributed by atoms with van der Waals surface area (Å²) in [6.07, 6.45) is 7.26. The molecule has 6 heteroatoms. The molecule has 2 rings (SSSR count). The van der Waals surface area contributed by atoms with Gasteiger partial charge in [-0.1, -0.05) is 35.5 Å². The summed E-state index contributed by atoms with van der Waals surface area (Å²) in [4.78, 5) is 21.4. The van der Waals surface area contributed by atoms with Crippen molar-refractivity contribution in [2.75, 3.05) is 6.61 Å². The van der Waals surface area contributed by atoms with Gasteiger partial charge in [-0.25, -0.2) is 4.98 Å². The number of carbonyl (C=O) groups is 1. The van der Waals surface area contributed by atoms with Crippen molar-refractivity contribution >= 4 is 11.7 Å². The molecule has 1 unspecified atom stereocenters. The van der Waals surface area contributed by atoms with Gasteiger partial charge in [-0.05, 0) is 40.5 Å². The number of carbonyl (C=O) groups excluding carboxylic acids is 1. The summed E-state index contributed by atoms with van der Waals surface area (Å²) in [6, 6.07) is 9.95. The quantitative estimate of drug-likeness (QED) is 0.284. The van der Waals surface area contributed by atoms with Gasteiger partial charge in [0.1, 0.15) is 17.9 Å². The van der Waals surface area contributed by atoms with Gasteiger partial charge in [-0.2, -0.15) is 0 Å². The highest BCUT2D eigenvalue weighted by molar-refractivity contribution is 6.02. The molecule has 1 atom stereocenters. The standard InChI is InChI=1S/C21H29N3O3/c1-17(24-14-13-22-16-24)20(18-10-6-5-7-11-18)23-26-15-9-8-12-19(25)27-21(2,3)4/h5-7,10-11,13-14,16-17H,8-9,12,15H2,1-4H3. The minimum atomic E-state index is -0.439. The first-order chi connectivity index (χ1) is 12.9. The second-order valence-electron chi connectivity index (χ2n) is 7.41. The number of rotatable bonds is 9. The van der Waals surface area contributed by atoms with E-state index < -0.39 is 5.60 Å². The van der Waals surface area contributed by atoms with Crippen LogP contribution in [0.4, 0.5) is 0 Å². The molecule has 0 aliphatic carbocycles. The number of aromatic nitrogens is 2. The number of nitrogens with zero attached hydrogens (tertiary/aromatic N) is 3. The third kappa shape index (κ3) is 7.25. The molecule has 146 valence electrons. The molecule has 0 amide bonds. The Morgan fingerprint density at radius 2 is 1.96 bits per heavy atom. The van der Waals surface area contributed by atoms with Gasteiger partial charge in [0.25, 0.3) is 0 Å². The number of hydrogen-bond donors (Lipinski definition) is 0. The maximum absolute atomic E-state index is 11.7. The molecule has 2 aromatic rings. The second kappa shape index (κ2) is 9.90. The Morgan fingerprint density at radius 3 is 2.59 bits per heavy atom. The van der Waals surface area contributed by atoms with Crippen LogP contribution in [-0.4, -0.2) is 33.4 Å². The van der Waals surface area contributed by atoms with Crippen LogP contribution in [0.1, 0.15) is 58.6 Å². The molecule has 0 saturated carbocycles. The molecular weight excluding hydrogens is 342 g/mol. The normalized spacial score (nSPS) is 13.3. The van der Waals surface area contributed by atoms with Gasteiger partial charge >= 0.3 is 5.97 Å². The van der Waals surface area contributed by atoms with Crippen LogP contribution in [0.15, 0.2) is 54.2 Å². The van der Waals surface area contributed by atoms with Gasteiger partial charge in [0.2, 0.25) is 0 Å². The zero-order valence-corrected chi connectivity index (χ0v) is 16.6. The highest BCUT2D eigenvalue weighted by atomic mass is 16.6. The molecule has 1 aromatic heterocycles. The second-order valence-corrected chi connectivity index (χ2v) is 7.41. The van der Waals surface area contributed by atoms with Crippen LogP contribution >= 0.6 is 0 Å². The van der Waals surface area contributed by atoms with Crippen LogP contribution in [0.2, 0.25) is 0 Å². The molecule has 0 radical (unpaired) electrons. The third-order valence-electron chi connectivity index (χ3n) is 3.89. The Hall–Kier alpha value is -2.63. The van der Waals surface area contributed by atoms with E-state index in [0.717, 1.165) is 17.7 Å². The molecule has 0 bridgehead atoms. The number of imidazole rings is 1. The maximum Gasteiger partial charge on any atom is 0.306 e. The monoisotopic (exact) mass is 371 g/mol. The highest BCUT2D eigenvalue weighted by Crippen LogP contribution is 2.16. The van der Waals surface area contributed by atoms with Gasteiger partial charge in [-0.15, -0.1) is 0 Å². The molecule has 6 nitrogen and oxygen atoms in total. The largest absolute Gasteiger partial charge is 0.460 e. The van der Waals surface area contributed by atoms with E-state index in [0.29, 0.717) is 19.4 Å². The topological polar surface area (TPSA) is 65.7 Å². The minimum absolute atomic E-state index is 0.00309. The summed E-state index contributed by atoms with van der Waals surface area (Å²) < 4.78 is 7.28. The Bertz CT molecular complexity index is 719. The van der Waals surface area contributed by atoms with E-state index in [4.69, 9.17) is 9.57 Å². The number of esters is 1. The van der Waals surface area contributed by atoms with Crippen molar-refractivity contribution in [3.8, 4) is 0 Å². The van der Waals surface area contributed by atoms with Gasteiger partial charge in [-0.3, -0.25) is 4.79 Å². The molecule has 0 aliphatic rings. The highest BCUT2D eigenvalue weighted by Gasteiger charge is 2.16. The number of oxime groups is 1. The van der Waals surface area contributed by atoms with Crippen LogP contribution < -0.4 is 0 Å². The lowest BCUT2D eigenvalue weighted by Crippen LogP contribution is -2.23. The van der Waals surface area contributed by atoms with E-state index in [-0.39, 0.29) is 12.0 Å². The van der Waals surface area contributed by atoms with E-state index in [9.17, 15) is 4.79 Å². The maximum atomic E-state index is 11.7. The molecular formula is C21H29N3O3. The zero-order valence-electron chi connectivity index (χ0n) is 16.6. The fraction of sp³-hybridized carbons (Fsp3) is 0.476. The lowest BCUT2D eigenvalue weighted by Gasteiger charge is -2.19.